The normalized spacial score (nSPS) is 10.4. The first-order chi connectivity index (χ1) is 11.1. The lowest BCUT2D eigenvalue weighted by molar-refractivity contribution is 0.585. The molecule has 0 saturated carbocycles. The molecule has 0 spiro atoms. The van der Waals surface area contributed by atoms with Gasteiger partial charge in [0, 0.05) is 13.1 Å². The van der Waals surface area contributed by atoms with Gasteiger partial charge in [-0.3, -0.25) is 4.79 Å². The smallest absolute Gasteiger partial charge is 0.275 e. The fourth-order valence-corrected chi connectivity index (χ4v) is 2.63. The van der Waals surface area contributed by atoms with Crippen LogP contribution in [0.2, 0.25) is 0 Å². The molecule has 0 radical (unpaired) electrons. The topological polar surface area (TPSA) is 100 Å². The number of aromatic nitrogens is 3. The molecule has 3 rings (SSSR count). The van der Waals surface area contributed by atoms with Gasteiger partial charge in [0.1, 0.15) is 34.3 Å². The van der Waals surface area contributed by atoms with Crippen molar-refractivity contribution in [1.82, 2.24) is 14.5 Å². The summed E-state index contributed by atoms with van der Waals surface area (Å²) in [5, 5.41) is 9.44. The molecule has 0 atom stereocenters. The van der Waals surface area contributed by atoms with Crippen molar-refractivity contribution < 1.29 is 8.78 Å². The second-order valence-electron chi connectivity index (χ2n) is 4.80. The zero-order chi connectivity index (χ0) is 16.6. The summed E-state index contributed by atoms with van der Waals surface area (Å²) in [6, 6.07) is 5.28. The Morgan fingerprint density at radius 1 is 1.33 bits per heavy atom. The van der Waals surface area contributed by atoms with Crippen LogP contribution in [0.1, 0.15) is 5.56 Å². The predicted molar refractivity (Wildman–Crippen MR) is 86.7 cm³/mol. The summed E-state index contributed by atoms with van der Waals surface area (Å²) in [5.41, 5.74) is 4.71. The van der Waals surface area contributed by atoms with Crippen LogP contribution in [0.5, 0.6) is 0 Å². The van der Waals surface area contributed by atoms with Crippen LogP contribution in [0.4, 0.5) is 8.78 Å². The van der Waals surface area contributed by atoms with Crippen LogP contribution in [-0.2, 0) is 6.54 Å². The second-order valence-corrected chi connectivity index (χ2v) is 4.80. The van der Waals surface area contributed by atoms with Gasteiger partial charge in [0.25, 0.3) is 5.56 Å². The molecule has 1 aromatic carbocycles. The molecule has 9 heteroatoms. The summed E-state index contributed by atoms with van der Waals surface area (Å²) >= 11 is 0. The fourth-order valence-electron chi connectivity index (χ4n) is 2.63. The molecule has 3 N–H and O–H groups in total. The summed E-state index contributed by atoms with van der Waals surface area (Å²) in [4.78, 5) is 18.5. The molecule has 24 heavy (non-hydrogen) atoms. The largest absolute Gasteiger partial charge is 0.332 e. The van der Waals surface area contributed by atoms with Crippen molar-refractivity contribution in [1.29, 1.82) is 5.26 Å². The number of nitrogens with one attached hydrogen (secondary N) is 1. The molecule has 3 aromatic rings. The standard InChI is InChI=1S/C15H11F2N5O.ClH/c16-9-2-1-3-10(17)11(9)13-8(6-19)12-14(22(13)5-4-18)15(23)21-7-20-12;/h1-3,7H,4-5,18H2,(H,20,21,23);1H. The molecule has 0 aliphatic carbocycles. The molecule has 0 unspecified atom stereocenters. The van der Waals surface area contributed by atoms with Gasteiger partial charge in [-0.05, 0) is 12.1 Å². The number of nitrogens with zero attached hydrogens (tertiary/aromatic N) is 3. The van der Waals surface area contributed by atoms with Gasteiger partial charge in [-0.25, -0.2) is 13.8 Å². The Bertz CT molecular complexity index is 985. The lowest BCUT2D eigenvalue weighted by Gasteiger charge is -2.11. The molecule has 2 aromatic heterocycles. The van der Waals surface area contributed by atoms with Gasteiger partial charge in [0.2, 0.25) is 0 Å². The van der Waals surface area contributed by atoms with Crippen LogP contribution in [0.15, 0.2) is 29.3 Å². The van der Waals surface area contributed by atoms with Gasteiger partial charge in [0.05, 0.1) is 17.6 Å². The predicted octanol–water partition coefficient (Wildman–Crippen LogP) is 1.92. The Kier molecular flexibility index (Phi) is 4.97. The Hall–Kier alpha value is -2.76. The highest BCUT2D eigenvalue weighted by molar-refractivity contribution is 5.91. The number of nitriles is 1. The maximum absolute atomic E-state index is 14.2. The fraction of sp³-hybridized carbons (Fsp3) is 0.133. The zero-order valence-electron chi connectivity index (χ0n) is 12.2. The third-order valence-electron chi connectivity index (χ3n) is 3.51. The SMILES string of the molecule is Cl.N#Cc1c(-c2c(F)cccc2F)n(CCN)c2c(=O)[nH]cnc12. The molecule has 0 fully saturated rings. The van der Waals surface area contributed by atoms with E-state index in [0.29, 0.717) is 0 Å². The minimum absolute atomic E-state index is 0. The molecule has 0 amide bonds. The number of hydrogen-bond acceptors (Lipinski definition) is 4. The lowest BCUT2D eigenvalue weighted by atomic mass is 10.1. The molecule has 6 nitrogen and oxygen atoms in total. The van der Waals surface area contributed by atoms with Crippen molar-refractivity contribution in [3.63, 3.8) is 0 Å². The number of H-pyrrole nitrogens is 1. The number of rotatable bonds is 3. The number of hydrogen-bond donors (Lipinski definition) is 2. The third kappa shape index (κ3) is 2.54. The first-order valence-electron chi connectivity index (χ1n) is 6.74. The third-order valence-corrected chi connectivity index (χ3v) is 3.51. The number of aromatic amines is 1. The van der Waals surface area contributed by atoms with Crippen molar-refractivity contribution in [2.45, 2.75) is 6.54 Å². The Balaban J connectivity index is 0.00000208. The van der Waals surface area contributed by atoms with E-state index in [2.05, 4.69) is 9.97 Å². The first-order valence-corrected chi connectivity index (χ1v) is 6.74. The van der Waals surface area contributed by atoms with E-state index in [9.17, 15) is 18.8 Å². The van der Waals surface area contributed by atoms with Crippen molar-refractivity contribution in [3.05, 3.63) is 52.1 Å². The Morgan fingerprint density at radius 2 is 2.00 bits per heavy atom. The van der Waals surface area contributed by atoms with E-state index in [-0.39, 0.29) is 53.4 Å². The van der Waals surface area contributed by atoms with E-state index in [1.165, 1.54) is 10.6 Å². The lowest BCUT2D eigenvalue weighted by Crippen LogP contribution is -2.16. The maximum Gasteiger partial charge on any atom is 0.275 e. The van der Waals surface area contributed by atoms with E-state index >= 15 is 0 Å². The summed E-state index contributed by atoms with van der Waals surface area (Å²) in [6.45, 7) is 0.224. The number of fused-ring (bicyclic) bond motifs is 1. The minimum atomic E-state index is -0.834. The number of halogens is 3. The van der Waals surface area contributed by atoms with E-state index in [0.717, 1.165) is 18.5 Å². The maximum atomic E-state index is 14.2. The molecule has 0 aliphatic rings. The highest BCUT2D eigenvalue weighted by Crippen LogP contribution is 2.34. The van der Waals surface area contributed by atoms with E-state index in [1.807, 2.05) is 6.07 Å². The Labute approximate surface area is 141 Å². The van der Waals surface area contributed by atoms with Gasteiger partial charge >= 0.3 is 0 Å². The van der Waals surface area contributed by atoms with Crippen LogP contribution >= 0.6 is 12.4 Å². The van der Waals surface area contributed by atoms with Gasteiger partial charge < -0.3 is 15.3 Å². The van der Waals surface area contributed by atoms with Crippen LogP contribution in [0.3, 0.4) is 0 Å². The van der Waals surface area contributed by atoms with Gasteiger partial charge in [-0.2, -0.15) is 5.26 Å². The van der Waals surface area contributed by atoms with E-state index < -0.39 is 17.2 Å². The van der Waals surface area contributed by atoms with Gasteiger partial charge in [-0.15, -0.1) is 12.4 Å². The average molecular weight is 352 g/mol. The number of benzene rings is 1. The van der Waals surface area contributed by atoms with Crippen molar-refractivity contribution in [2.75, 3.05) is 6.54 Å². The first kappa shape index (κ1) is 17.6. The molecular weight excluding hydrogens is 340 g/mol. The molecule has 0 saturated heterocycles. The van der Waals surface area contributed by atoms with Crippen molar-refractivity contribution >= 4 is 23.4 Å². The quantitative estimate of drug-likeness (QED) is 0.752. The summed E-state index contributed by atoms with van der Waals surface area (Å²) in [6.07, 6.45) is 1.14. The molecule has 124 valence electrons. The molecular formula is C15H12ClF2N5O. The minimum Gasteiger partial charge on any atom is -0.332 e. The highest BCUT2D eigenvalue weighted by Gasteiger charge is 2.25. The van der Waals surface area contributed by atoms with Crippen LogP contribution < -0.4 is 11.3 Å². The monoisotopic (exact) mass is 351 g/mol. The Morgan fingerprint density at radius 3 is 2.58 bits per heavy atom. The van der Waals surface area contributed by atoms with E-state index in [1.54, 1.807) is 0 Å². The van der Waals surface area contributed by atoms with Crippen molar-refractivity contribution in [3.8, 4) is 17.3 Å². The molecule has 2 heterocycles. The molecule has 0 aliphatic heterocycles. The van der Waals surface area contributed by atoms with Crippen molar-refractivity contribution in [2.24, 2.45) is 5.73 Å². The van der Waals surface area contributed by atoms with Gasteiger partial charge in [-0.1, -0.05) is 6.07 Å². The van der Waals surface area contributed by atoms with Crippen LogP contribution in [0, 0.1) is 23.0 Å². The van der Waals surface area contributed by atoms with E-state index in [4.69, 9.17) is 5.73 Å². The van der Waals surface area contributed by atoms with Crippen LogP contribution in [-0.4, -0.2) is 21.1 Å². The summed E-state index contributed by atoms with van der Waals surface area (Å²) in [5.74, 6) is -1.67. The second kappa shape index (κ2) is 6.78. The number of nitrogens with two attached hydrogens (primary N) is 1. The summed E-state index contributed by atoms with van der Waals surface area (Å²) < 4.78 is 29.7. The highest BCUT2D eigenvalue weighted by atomic mass is 35.5. The zero-order valence-corrected chi connectivity index (χ0v) is 13.0. The summed E-state index contributed by atoms with van der Waals surface area (Å²) in [7, 11) is 0. The van der Waals surface area contributed by atoms with Gasteiger partial charge in [0.15, 0.2) is 0 Å². The van der Waals surface area contributed by atoms with Crippen LogP contribution in [0.25, 0.3) is 22.3 Å². The molecule has 0 bridgehead atoms. The average Bonchev–Trinajstić information content (AvgIpc) is 2.83.